The summed E-state index contributed by atoms with van der Waals surface area (Å²) in [4.78, 5) is 0. The van der Waals surface area contributed by atoms with Crippen LogP contribution in [0.15, 0.2) is 48.5 Å². The Balaban J connectivity index is 1.99. The van der Waals surface area contributed by atoms with Crippen LogP contribution in [0.5, 0.6) is 11.5 Å². The molecule has 94 valence electrons. The molecule has 0 aliphatic heterocycles. The maximum atomic E-state index is 5.71. The average molecular weight is 243 g/mol. The zero-order valence-corrected chi connectivity index (χ0v) is 10.4. The molecule has 0 fully saturated rings. The molecule has 0 saturated heterocycles. The first kappa shape index (κ1) is 12.5. The van der Waals surface area contributed by atoms with Crippen molar-refractivity contribution >= 4 is 5.69 Å². The second-order valence-corrected chi connectivity index (χ2v) is 4.06. The van der Waals surface area contributed by atoms with Gasteiger partial charge in [0.1, 0.15) is 11.5 Å². The quantitative estimate of drug-likeness (QED) is 0.820. The highest BCUT2D eigenvalue weighted by Gasteiger charge is 1.98. The number of hydrogen-bond acceptors (Lipinski definition) is 3. The summed E-state index contributed by atoms with van der Waals surface area (Å²) in [5.41, 5.74) is 7.59. The molecule has 0 aliphatic carbocycles. The van der Waals surface area contributed by atoms with Crippen LogP contribution < -0.4 is 10.5 Å². The van der Waals surface area contributed by atoms with Gasteiger partial charge in [0, 0.05) is 12.8 Å². The van der Waals surface area contributed by atoms with Crippen molar-refractivity contribution in [1.29, 1.82) is 0 Å². The summed E-state index contributed by atoms with van der Waals surface area (Å²) in [6.07, 6.45) is 0.915. The minimum absolute atomic E-state index is 0.734. The molecule has 2 rings (SSSR count). The topological polar surface area (TPSA) is 44.5 Å². The van der Waals surface area contributed by atoms with Gasteiger partial charge in [-0.15, -0.1) is 0 Å². The summed E-state index contributed by atoms with van der Waals surface area (Å²) in [6, 6.07) is 15.4. The van der Waals surface area contributed by atoms with Crippen molar-refractivity contribution in [1.82, 2.24) is 0 Å². The molecular formula is C15H17NO2. The normalized spacial score (nSPS) is 10.3. The molecule has 2 aromatic carbocycles. The molecule has 0 bridgehead atoms. The number of ether oxygens (including phenoxy) is 2. The Morgan fingerprint density at radius 1 is 0.889 bits per heavy atom. The predicted molar refractivity (Wildman–Crippen MR) is 73.0 cm³/mol. The maximum Gasteiger partial charge on any atom is 0.127 e. The van der Waals surface area contributed by atoms with E-state index in [4.69, 9.17) is 15.2 Å². The highest BCUT2D eigenvalue weighted by molar-refractivity contribution is 5.43. The monoisotopic (exact) mass is 243 g/mol. The minimum Gasteiger partial charge on any atom is -0.457 e. The van der Waals surface area contributed by atoms with E-state index in [1.807, 2.05) is 48.5 Å². The minimum atomic E-state index is 0.734. The maximum absolute atomic E-state index is 5.71. The summed E-state index contributed by atoms with van der Waals surface area (Å²) >= 11 is 0. The average Bonchev–Trinajstić information content (AvgIpc) is 2.41. The van der Waals surface area contributed by atoms with Gasteiger partial charge in [-0.2, -0.15) is 0 Å². The van der Waals surface area contributed by atoms with Crippen LogP contribution >= 0.6 is 0 Å². The molecule has 0 aliphatic rings. The van der Waals surface area contributed by atoms with Gasteiger partial charge in [-0.25, -0.2) is 0 Å². The lowest BCUT2D eigenvalue weighted by Crippen LogP contribution is -1.94. The van der Waals surface area contributed by atoms with Gasteiger partial charge in [0.25, 0.3) is 0 Å². The van der Waals surface area contributed by atoms with E-state index in [1.54, 1.807) is 7.11 Å². The van der Waals surface area contributed by atoms with E-state index in [-0.39, 0.29) is 0 Å². The van der Waals surface area contributed by atoms with Gasteiger partial charge in [-0.05, 0) is 48.4 Å². The second-order valence-electron chi connectivity index (χ2n) is 4.06. The Bertz CT molecular complexity index is 477. The van der Waals surface area contributed by atoms with Gasteiger partial charge >= 0.3 is 0 Å². The molecule has 0 radical (unpaired) electrons. The standard InChI is InChI=1S/C15H17NO2/c1-17-11-10-12-2-6-14(7-3-12)18-15-8-4-13(16)5-9-15/h2-9H,10-11,16H2,1H3. The van der Waals surface area contributed by atoms with Crippen molar-refractivity contribution in [2.24, 2.45) is 0 Å². The molecule has 0 aromatic heterocycles. The molecule has 0 unspecified atom stereocenters. The summed E-state index contributed by atoms with van der Waals surface area (Å²) in [7, 11) is 1.71. The molecule has 0 heterocycles. The van der Waals surface area contributed by atoms with Crippen LogP contribution in [0.3, 0.4) is 0 Å². The smallest absolute Gasteiger partial charge is 0.127 e. The number of anilines is 1. The molecule has 18 heavy (non-hydrogen) atoms. The van der Waals surface area contributed by atoms with Crippen molar-refractivity contribution in [3.05, 3.63) is 54.1 Å². The summed E-state index contributed by atoms with van der Waals surface area (Å²) in [6.45, 7) is 0.734. The van der Waals surface area contributed by atoms with Crippen molar-refractivity contribution in [3.8, 4) is 11.5 Å². The Hall–Kier alpha value is -2.00. The van der Waals surface area contributed by atoms with Crippen LogP contribution in [0.25, 0.3) is 0 Å². The number of methoxy groups -OCH3 is 1. The van der Waals surface area contributed by atoms with E-state index in [0.717, 1.165) is 30.2 Å². The highest BCUT2D eigenvalue weighted by atomic mass is 16.5. The largest absolute Gasteiger partial charge is 0.457 e. The number of hydrogen-bond donors (Lipinski definition) is 1. The van der Waals surface area contributed by atoms with Crippen LogP contribution in [-0.2, 0) is 11.2 Å². The fourth-order valence-electron chi connectivity index (χ4n) is 1.62. The highest BCUT2D eigenvalue weighted by Crippen LogP contribution is 2.22. The zero-order chi connectivity index (χ0) is 12.8. The molecule has 0 saturated carbocycles. The SMILES string of the molecule is COCCc1ccc(Oc2ccc(N)cc2)cc1. The Labute approximate surface area is 107 Å². The van der Waals surface area contributed by atoms with Crippen LogP contribution in [0.2, 0.25) is 0 Å². The fourth-order valence-corrected chi connectivity index (χ4v) is 1.62. The van der Waals surface area contributed by atoms with Crippen LogP contribution in [-0.4, -0.2) is 13.7 Å². The van der Waals surface area contributed by atoms with Gasteiger partial charge in [0.05, 0.1) is 6.61 Å². The van der Waals surface area contributed by atoms with E-state index in [1.165, 1.54) is 5.56 Å². The number of rotatable bonds is 5. The first-order chi connectivity index (χ1) is 8.78. The van der Waals surface area contributed by atoms with Gasteiger partial charge in [0.2, 0.25) is 0 Å². The van der Waals surface area contributed by atoms with E-state index < -0.39 is 0 Å². The van der Waals surface area contributed by atoms with Gasteiger partial charge < -0.3 is 15.2 Å². The Morgan fingerprint density at radius 3 is 2.00 bits per heavy atom. The van der Waals surface area contributed by atoms with Gasteiger partial charge in [-0.3, -0.25) is 0 Å². The third kappa shape index (κ3) is 3.50. The molecule has 0 amide bonds. The summed E-state index contributed by atoms with van der Waals surface area (Å²) < 4.78 is 10.7. The Morgan fingerprint density at radius 2 is 1.44 bits per heavy atom. The molecular weight excluding hydrogens is 226 g/mol. The van der Waals surface area contributed by atoms with E-state index >= 15 is 0 Å². The Kier molecular flexibility index (Phi) is 4.20. The molecule has 0 spiro atoms. The molecule has 0 atom stereocenters. The molecule has 2 N–H and O–H groups in total. The molecule has 3 nitrogen and oxygen atoms in total. The molecule has 3 heteroatoms. The number of benzene rings is 2. The summed E-state index contributed by atoms with van der Waals surface area (Å²) in [5.74, 6) is 1.61. The van der Waals surface area contributed by atoms with E-state index in [0.29, 0.717) is 0 Å². The fraction of sp³-hybridized carbons (Fsp3) is 0.200. The first-order valence-corrected chi connectivity index (χ1v) is 5.89. The number of nitrogens with two attached hydrogens (primary N) is 1. The van der Waals surface area contributed by atoms with E-state index in [2.05, 4.69) is 0 Å². The third-order valence-electron chi connectivity index (χ3n) is 2.63. The van der Waals surface area contributed by atoms with Crippen LogP contribution in [0, 0.1) is 0 Å². The molecule has 2 aromatic rings. The summed E-state index contributed by atoms with van der Waals surface area (Å²) in [5, 5.41) is 0. The van der Waals surface area contributed by atoms with Crippen molar-refractivity contribution < 1.29 is 9.47 Å². The van der Waals surface area contributed by atoms with Crippen molar-refractivity contribution in [2.75, 3.05) is 19.5 Å². The van der Waals surface area contributed by atoms with Crippen LogP contribution in [0.1, 0.15) is 5.56 Å². The predicted octanol–water partition coefficient (Wildman–Crippen LogP) is 3.25. The second kappa shape index (κ2) is 6.07. The van der Waals surface area contributed by atoms with Gasteiger partial charge in [-0.1, -0.05) is 12.1 Å². The lowest BCUT2D eigenvalue weighted by molar-refractivity contribution is 0.202. The van der Waals surface area contributed by atoms with Crippen LogP contribution in [0.4, 0.5) is 5.69 Å². The van der Waals surface area contributed by atoms with Crippen molar-refractivity contribution in [3.63, 3.8) is 0 Å². The van der Waals surface area contributed by atoms with Crippen molar-refractivity contribution in [2.45, 2.75) is 6.42 Å². The zero-order valence-electron chi connectivity index (χ0n) is 10.4. The first-order valence-electron chi connectivity index (χ1n) is 5.89. The lowest BCUT2D eigenvalue weighted by atomic mass is 10.1. The third-order valence-corrected chi connectivity index (χ3v) is 2.63. The van der Waals surface area contributed by atoms with E-state index in [9.17, 15) is 0 Å². The lowest BCUT2D eigenvalue weighted by Gasteiger charge is -2.07. The number of nitrogen functional groups attached to an aromatic ring is 1. The van der Waals surface area contributed by atoms with Gasteiger partial charge in [0.15, 0.2) is 0 Å².